The highest BCUT2D eigenvalue weighted by Gasteiger charge is 2.29. The molecule has 1 amide bonds. The van der Waals surface area contributed by atoms with Gasteiger partial charge >= 0.3 is 0 Å². The molecule has 0 saturated carbocycles. The fraction of sp³-hybridized carbons (Fsp3) is 0.333. The molecular formula is C15H17ClN4O2. The predicted molar refractivity (Wildman–Crippen MR) is 84.9 cm³/mol. The number of ether oxygens (including phenoxy) is 1. The van der Waals surface area contributed by atoms with Crippen molar-refractivity contribution in [1.82, 2.24) is 15.5 Å². The summed E-state index contributed by atoms with van der Waals surface area (Å²) in [5.41, 5.74) is 3.40. The fourth-order valence-corrected chi connectivity index (χ4v) is 2.91. The summed E-state index contributed by atoms with van der Waals surface area (Å²) in [5, 5.41) is 10.5. The lowest BCUT2D eigenvalue weighted by Gasteiger charge is -2.29. The first-order valence-electron chi connectivity index (χ1n) is 7.15. The average Bonchev–Trinajstić information content (AvgIpc) is 2.98. The van der Waals surface area contributed by atoms with E-state index in [1.54, 1.807) is 4.90 Å². The molecule has 116 valence electrons. The van der Waals surface area contributed by atoms with Gasteiger partial charge in [-0.05, 0) is 12.1 Å². The van der Waals surface area contributed by atoms with E-state index >= 15 is 0 Å². The number of fused-ring (bicyclic) bond motifs is 2. The Labute approximate surface area is 134 Å². The van der Waals surface area contributed by atoms with Gasteiger partial charge in [-0.3, -0.25) is 9.89 Å². The molecule has 2 aliphatic heterocycles. The van der Waals surface area contributed by atoms with Gasteiger partial charge in [-0.1, -0.05) is 12.1 Å². The summed E-state index contributed by atoms with van der Waals surface area (Å²) < 4.78 is 5.60. The van der Waals surface area contributed by atoms with Gasteiger partial charge in [0, 0.05) is 30.8 Å². The van der Waals surface area contributed by atoms with Crippen molar-refractivity contribution in [2.45, 2.75) is 13.0 Å². The van der Waals surface area contributed by atoms with Crippen LogP contribution in [0.3, 0.4) is 0 Å². The third-order valence-corrected chi connectivity index (χ3v) is 3.98. The zero-order valence-electron chi connectivity index (χ0n) is 12.0. The Morgan fingerprint density at radius 3 is 3.09 bits per heavy atom. The maximum atomic E-state index is 12.9. The van der Waals surface area contributed by atoms with Crippen LogP contribution in [0.4, 0.5) is 5.69 Å². The third-order valence-electron chi connectivity index (χ3n) is 3.98. The SMILES string of the molecule is Cl.O=C(c1n[nH]c2c1CNCC2)N1CCOc2ccccc21. The molecule has 6 nitrogen and oxygen atoms in total. The minimum Gasteiger partial charge on any atom is -0.490 e. The van der Waals surface area contributed by atoms with Gasteiger partial charge in [0.1, 0.15) is 12.4 Å². The van der Waals surface area contributed by atoms with Crippen LogP contribution in [0, 0.1) is 0 Å². The number of hydrogen-bond acceptors (Lipinski definition) is 4. The molecule has 0 saturated heterocycles. The quantitative estimate of drug-likeness (QED) is 0.836. The van der Waals surface area contributed by atoms with Gasteiger partial charge in [-0.2, -0.15) is 5.10 Å². The topological polar surface area (TPSA) is 70.2 Å². The van der Waals surface area contributed by atoms with Crippen LogP contribution in [0.1, 0.15) is 21.7 Å². The predicted octanol–water partition coefficient (Wildman–Crippen LogP) is 1.52. The lowest BCUT2D eigenvalue weighted by Crippen LogP contribution is -2.39. The van der Waals surface area contributed by atoms with Crippen LogP contribution < -0.4 is 15.0 Å². The van der Waals surface area contributed by atoms with Crippen LogP contribution in [0.25, 0.3) is 0 Å². The van der Waals surface area contributed by atoms with Crippen molar-refractivity contribution in [3.63, 3.8) is 0 Å². The highest BCUT2D eigenvalue weighted by Crippen LogP contribution is 2.32. The Hall–Kier alpha value is -2.05. The molecule has 0 fully saturated rings. The van der Waals surface area contributed by atoms with Crippen molar-refractivity contribution in [2.75, 3.05) is 24.6 Å². The summed E-state index contributed by atoms with van der Waals surface area (Å²) in [7, 11) is 0. The lowest BCUT2D eigenvalue weighted by molar-refractivity contribution is 0.0970. The van der Waals surface area contributed by atoms with Crippen LogP contribution >= 0.6 is 12.4 Å². The van der Waals surface area contributed by atoms with E-state index in [2.05, 4.69) is 15.5 Å². The molecule has 0 unspecified atom stereocenters. The smallest absolute Gasteiger partial charge is 0.279 e. The summed E-state index contributed by atoms with van der Waals surface area (Å²) >= 11 is 0. The fourth-order valence-electron chi connectivity index (χ4n) is 2.91. The van der Waals surface area contributed by atoms with E-state index in [0.29, 0.717) is 25.4 Å². The molecule has 0 bridgehead atoms. The molecule has 2 aliphatic rings. The Balaban J connectivity index is 0.00000144. The molecular weight excluding hydrogens is 304 g/mol. The second-order valence-electron chi connectivity index (χ2n) is 5.23. The lowest BCUT2D eigenvalue weighted by atomic mass is 10.1. The van der Waals surface area contributed by atoms with Gasteiger partial charge in [0.2, 0.25) is 0 Å². The highest BCUT2D eigenvalue weighted by atomic mass is 35.5. The van der Waals surface area contributed by atoms with Crippen LogP contribution in [0.5, 0.6) is 5.75 Å². The number of rotatable bonds is 1. The van der Waals surface area contributed by atoms with Gasteiger partial charge in [0.15, 0.2) is 5.69 Å². The summed E-state index contributed by atoms with van der Waals surface area (Å²) in [4.78, 5) is 14.6. The van der Waals surface area contributed by atoms with Gasteiger partial charge in [0.05, 0.1) is 12.2 Å². The van der Waals surface area contributed by atoms with Crippen molar-refractivity contribution < 1.29 is 9.53 Å². The average molecular weight is 321 g/mol. The number of benzene rings is 1. The molecule has 0 spiro atoms. The second kappa shape index (κ2) is 5.98. The van der Waals surface area contributed by atoms with Crippen molar-refractivity contribution in [3.05, 3.63) is 41.2 Å². The van der Waals surface area contributed by atoms with Crippen LogP contribution in [0.15, 0.2) is 24.3 Å². The monoisotopic (exact) mass is 320 g/mol. The van der Waals surface area contributed by atoms with E-state index in [-0.39, 0.29) is 18.3 Å². The number of aromatic nitrogens is 2. The number of halogens is 1. The van der Waals surface area contributed by atoms with Crippen LogP contribution in [-0.2, 0) is 13.0 Å². The molecule has 3 heterocycles. The third kappa shape index (κ3) is 2.34. The standard InChI is InChI=1S/C15H16N4O2.ClH/c20-15(14-10-9-16-6-5-11(10)17-18-14)19-7-8-21-13-4-2-1-3-12(13)19;/h1-4,16H,5-9H2,(H,17,18);1H. The Bertz CT molecular complexity index is 701. The minimum absolute atomic E-state index is 0. The molecule has 2 N–H and O–H groups in total. The summed E-state index contributed by atoms with van der Waals surface area (Å²) in [5.74, 6) is 0.687. The molecule has 2 aromatic rings. The van der Waals surface area contributed by atoms with E-state index in [4.69, 9.17) is 4.74 Å². The summed E-state index contributed by atoms with van der Waals surface area (Å²) in [6, 6.07) is 7.61. The van der Waals surface area contributed by atoms with Crippen molar-refractivity contribution >= 4 is 24.0 Å². The molecule has 0 atom stereocenters. The first-order chi connectivity index (χ1) is 10.3. The van der Waals surface area contributed by atoms with Crippen molar-refractivity contribution in [3.8, 4) is 5.75 Å². The second-order valence-corrected chi connectivity index (χ2v) is 5.23. The summed E-state index contributed by atoms with van der Waals surface area (Å²) in [6.45, 7) is 2.67. The maximum absolute atomic E-state index is 12.9. The number of carbonyl (C=O) groups excluding carboxylic acids is 1. The van der Waals surface area contributed by atoms with Crippen molar-refractivity contribution in [2.24, 2.45) is 0 Å². The number of para-hydroxylation sites is 2. The molecule has 1 aromatic carbocycles. The van der Waals surface area contributed by atoms with Crippen molar-refractivity contribution in [1.29, 1.82) is 0 Å². The normalized spacial score (nSPS) is 16.1. The Morgan fingerprint density at radius 2 is 2.18 bits per heavy atom. The van der Waals surface area contributed by atoms with Gasteiger partial charge in [-0.25, -0.2) is 0 Å². The first-order valence-corrected chi connectivity index (χ1v) is 7.15. The highest BCUT2D eigenvalue weighted by molar-refractivity contribution is 6.06. The first kappa shape index (κ1) is 14.9. The van der Waals surface area contributed by atoms with E-state index in [9.17, 15) is 4.79 Å². The van der Waals surface area contributed by atoms with E-state index in [0.717, 1.165) is 35.7 Å². The number of nitrogens with one attached hydrogen (secondary N) is 2. The number of H-pyrrole nitrogens is 1. The van der Waals surface area contributed by atoms with Crippen LogP contribution in [-0.4, -0.2) is 35.8 Å². The Morgan fingerprint density at radius 1 is 1.32 bits per heavy atom. The molecule has 4 rings (SSSR count). The van der Waals surface area contributed by atoms with Crippen LogP contribution in [0.2, 0.25) is 0 Å². The van der Waals surface area contributed by atoms with E-state index in [1.165, 1.54) is 0 Å². The minimum atomic E-state index is -0.0630. The number of carbonyl (C=O) groups is 1. The van der Waals surface area contributed by atoms with E-state index in [1.807, 2.05) is 24.3 Å². The Kier molecular flexibility index (Phi) is 4.04. The zero-order valence-corrected chi connectivity index (χ0v) is 12.8. The number of nitrogens with zero attached hydrogens (tertiary/aromatic N) is 2. The molecule has 0 aliphatic carbocycles. The molecule has 7 heteroatoms. The van der Waals surface area contributed by atoms with E-state index < -0.39 is 0 Å². The molecule has 1 aromatic heterocycles. The summed E-state index contributed by atoms with van der Waals surface area (Å²) in [6.07, 6.45) is 0.884. The number of aromatic amines is 1. The number of anilines is 1. The van der Waals surface area contributed by atoms with Gasteiger partial charge in [-0.15, -0.1) is 12.4 Å². The maximum Gasteiger partial charge on any atom is 0.279 e. The largest absolute Gasteiger partial charge is 0.490 e. The number of hydrogen-bond donors (Lipinski definition) is 2. The number of amides is 1. The zero-order chi connectivity index (χ0) is 14.2. The van der Waals surface area contributed by atoms with Gasteiger partial charge < -0.3 is 15.0 Å². The van der Waals surface area contributed by atoms with Gasteiger partial charge in [0.25, 0.3) is 5.91 Å². The molecule has 0 radical (unpaired) electrons. The molecule has 22 heavy (non-hydrogen) atoms.